The van der Waals surface area contributed by atoms with Gasteiger partial charge in [-0.3, -0.25) is 4.31 Å². The molecule has 0 aliphatic carbocycles. The van der Waals surface area contributed by atoms with Gasteiger partial charge in [0.1, 0.15) is 23.0 Å². The Balaban J connectivity index is 1.66. The van der Waals surface area contributed by atoms with Gasteiger partial charge < -0.3 is 14.0 Å². The average Bonchev–Trinajstić information content (AvgIpc) is 3.13. The number of hydrogen-bond acceptors (Lipinski definition) is 7. The Morgan fingerprint density at radius 2 is 1.97 bits per heavy atom. The maximum atomic E-state index is 13.6. The number of aromatic nitrogens is 1. The first-order valence-electron chi connectivity index (χ1n) is 10.2. The first-order chi connectivity index (χ1) is 15.3. The van der Waals surface area contributed by atoms with Gasteiger partial charge in [0, 0.05) is 6.54 Å². The van der Waals surface area contributed by atoms with Gasteiger partial charge >= 0.3 is 5.97 Å². The van der Waals surface area contributed by atoms with E-state index in [0.717, 1.165) is 12.0 Å². The molecule has 0 amide bonds. The number of ether oxygens (including phenoxy) is 2. The number of sulfonamides is 1. The Labute approximate surface area is 186 Å². The lowest BCUT2D eigenvalue weighted by Gasteiger charge is -2.30. The van der Waals surface area contributed by atoms with Crippen molar-refractivity contribution in [1.29, 1.82) is 0 Å². The third kappa shape index (κ3) is 3.95. The molecule has 8 nitrogen and oxygen atoms in total. The molecule has 1 aliphatic heterocycles. The summed E-state index contributed by atoms with van der Waals surface area (Å²) in [7, 11) is -2.57. The second-order valence-electron chi connectivity index (χ2n) is 7.55. The molecule has 0 unspecified atom stereocenters. The predicted octanol–water partition coefficient (Wildman–Crippen LogP) is 3.80. The fourth-order valence-corrected chi connectivity index (χ4v) is 5.53. The van der Waals surface area contributed by atoms with Crippen LogP contribution < -0.4 is 9.04 Å². The van der Waals surface area contributed by atoms with Gasteiger partial charge in [-0.2, -0.15) is 0 Å². The van der Waals surface area contributed by atoms with Crippen molar-refractivity contribution in [1.82, 2.24) is 5.16 Å². The van der Waals surface area contributed by atoms with E-state index in [2.05, 4.69) is 5.16 Å². The molecule has 0 bridgehead atoms. The Morgan fingerprint density at radius 3 is 2.69 bits per heavy atom. The van der Waals surface area contributed by atoms with E-state index in [9.17, 15) is 13.2 Å². The van der Waals surface area contributed by atoms with Crippen molar-refractivity contribution < 1.29 is 27.2 Å². The lowest BCUT2D eigenvalue weighted by atomic mass is 10.0. The molecule has 168 valence electrons. The number of anilines is 1. The molecule has 0 spiro atoms. The highest BCUT2D eigenvalue weighted by Gasteiger charge is 2.32. The predicted molar refractivity (Wildman–Crippen MR) is 117 cm³/mol. The van der Waals surface area contributed by atoms with Gasteiger partial charge in [-0.1, -0.05) is 23.4 Å². The van der Waals surface area contributed by atoms with Crippen molar-refractivity contribution in [3.05, 3.63) is 70.6 Å². The van der Waals surface area contributed by atoms with E-state index >= 15 is 0 Å². The largest absolute Gasteiger partial charge is 0.495 e. The number of para-hydroxylation sites is 1. The second kappa shape index (κ2) is 8.66. The van der Waals surface area contributed by atoms with Crippen LogP contribution in [0.2, 0.25) is 0 Å². The molecule has 4 rings (SSSR count). The number of carbonyl (C=O) groups is 1. The van der Waals surface area contributed by atoms with Gasteiger partial charge in [0.05, 0.1) is 29.6 Å². The highest BCUT2D eigenvalue weighted by Crippen LogP contribution is 2.35. The van der Waals surface area contributed by atoms with Gasteiger partial charge in [0.25, 0.3) is 10.0 Å². The van der Waals surface area contributed by atoms with Crippen LogP contribution in [-0.4, -0.2) is 33.2 Å². The fraction of sp³-hybridized carbons (Fsp3) is 0.304. The number of esters is 1. The molecule has 0 N–H and O–H groups in total. The van der Waals surface area contributed by atoms with E-state index in [1.54, 1.807) is 19.9 Å². The maximum Gasteiger partial charge on any atom is 0.338 e. The number of hydrogen-bond donors (Lipinski definition) is 0. The van der Waals surface area contributed by atoms with Crippen LogP contribution in [0.25, 0.3) is 0 Å². The lowest BCUT2D eigenvalue weighted by molar-refractivity contribution is 0.0470. The van der Waals surface area contributed by atoms with Crippen LogP contribution in [0.3, 0.4) is 0 Å². The van der Waals surface area contributed by atoms with Crippen molar-refractivity contribution in [2.45, 2.75) is 38.2 Å². The van der Waals surface area contributed by atoms with Gasteiger partial charge in [-0.15, -0.1) is 0 Å². The second-order valence-corrected chi connectivity index (χ2v) is 9.38. The molecule has 0 saturated carbocycles. The van der Waals surface area contributed by atoms with E-state index in [1.165, 1.54) is 29.6 Å². The molecule has 0 atom stereocenters. The van der Waals surface area contributed by atoms with E-state index in [4.69, 9.17) is 14.0 Å². The van der Waals surface area contributed by atoms with Crippen LogP contribution in [0.5, 0.6) is 5.75 Å². The van der Waals surface area contributed by atoms with E-state index in [0.29, 0.717) is 35.7 Å². The third-order valence-corrected chi connectivity index (χ3v) is 7.40. The topological polar surface area (TPSA) is 98.9 Å². The van der Waals surface area contributed by atoms with Crippen molar-refractivity contribution in [3.63, 3.8) is 0 Å². The van der Waals surface area contributed by atoms with Crippen LogP contribution in [-0.2, 0) is 27.8 Å². The normalized spacial score (nSPS) is 13.5. The van der Waals surface area contributed by atoms with Crippen LogP contribution in [0, 0.1) is 13.8 Å². The van der Waals surface area contributed by atoms with E-state index < -0.39 is 16.0 Å². The SMILES string of the molecule is COc1ccc(C(=O)OCc2c(C)noc2C)cc1S(=O)(=O)N1CCCc2ccccc21. The summed E-state index contributed by atoms with van der Waals surface area (Å²) in [4.78, 5) is 12.6. The number of aryl methyl sites for hydroxylation is 3. The fourth-order valence-electron chi connectivity index (χ4n) is 3.80. The smallest absolute Gasteiger partial charge is 0.338 e. The van der Waals surface area contributed by atoms with Gasteiger partial charge in [0.2, 0.25) is 0 Å². The lowest BCUT2D eigenvalue weighted by Crippen LogP contribution is -2.35. The number of methoxy groups -OCH3 is 1. The molecule has 2 aromatic carbocycles. The summed E-state index contributed by atoms with van der Waals surface area (Å²) in [6.07, 6.45) is 1.52. The van der Waals surface area contributed by atoms with Crippen LogP contribution >= 0.6 is 0 Å². The molecule has 0 saturated heterocycles. The molecule has 1 aromatic heterocycles. The van der Waals surface area contributed by atoms with Crippen molar-refractivity contribution in [2.24, 2.45) is 0 Å². The monoisotopic (exact) mass is 456 g/mol. The molecule has 9 heteroatoms. The van der Waals surface area contributed by atoms with Crippen molar-refractivity contribution in [2.75, 3.05) is 18.0 Å². The molecular formula is C23H24N2O6S. The summed E-state index contributed by atoms with van der Waals surface area (Å²) in [5.74, 6) is 0.0792. The summed E-state index contributed by atoms with van der Waals surface area (Å²) in [6, 6.07) is 11.7. The Kier molecular flexibility index (Phi) is 5.92. The number of benzene rings is 2. The highest BCUT2D eigenvalue weighted by atomic mass is 32.2. The zero-order valence-electron chi connectivity index (χ0n) is 18.1. The Bertz CT molecular complexity index is 1250. The van der Waals surface area contributed by atoms with Crippen molar-refractivity contribution in [3.8, 4) is 5.75 Å². The highest BCUT2D eigenvalue weighted by molar-refractivity contribution is 7.93. The minimum Gasteiger partial charge on any atom is -0.495 e. The number of carbonyl (C=O) groups excluding carboxylic acids is 1. The van der Waals surface area contributed by atoms with Gasteiger partial charge in [-0.05, 0) is 56.5 Å². The van der Waals surface area contributed by atoms with E-state index in [-0.39, 0.29) is 22.8 Å². The number of fused-ring (bicyclic) bond motifs is 1. The van der Waals surface area contributed by atoms with Gasteiger partial charge in [-0.25, -0.2) is 13.2 Å². The van der Waals surface area contributed by atoms with Crippen LogP contribution in [0.1, 0.15) is 39.4 Å². The minimum atomic E-state index is -3.97. The Morgan fingerprint density at radius 1 is 1.19 bits per heavy atom. The van der Waals surface area contributed by atoms with E-state index in [1.807, 2.05) is 18.2 Å². The summed E-state index contributed by atoms with van der Waals surface area (Å²) < 4.78 is 44.4. The molecule has 1 aliphatic rings. The molecule has 0 radical (unpaired) electrons. The summed E-state index contributed by atoms with van der Waals surface area (Å²) in [5.41, 5.74) is 3.05. The first kappa shape index (κ1) is 21.9. The zero-order valence-corrected chi connectivity index (χ0v) is 18.9. The minimum absolute atomic E-state index is 0.0202. The third-order valence-electron chi connectivity index (χ3n) is 5.56. The Hall–Kier alpha value is -3.33. The summed E-state index contributed by atoms with van der Waals surface area (Å²) >= 11 is 0. The average molecular weight is 457 g/mol. The first-order valence-corrected chi connectivity index (χ1v) is 11.6. The van der Waals surface area contributed by atoms with Gasteiger partial charge in [0.15, 0.2) is 0 Å². The molecule has 3 aromatic rings. The van der Waals surface area contributed by atoms with Crippen molar-refractivity contribution >= 4 is 21.7 Å². The molecule has 32 heavy (non-hydrogen) atoms. The molecule has 0 fully saturated rings. The summed E-state index contributed by atoms with van der Waals surface area (Å²) in [6.45, 7) is 3.82. The quantitative estimate of drug-likeness (QED) is 0.520. The molecule has 2 heterocycles. The number of nitrogens with zero attached hydrogens (tertiary/aromatic N) is 2. The zero-order chi connectivity index (χ0) is 22.9. The standard InChI is InChI=1S/C23H24N2O6S/c1-15-19(16(2)31-24-15)14-30-23(26)18-10-11-21(29-3)22(13-18)32(27,28)25-12-6-8-17-7-4-5-9-20(17)25/h4-5,7,9-11,13H,6,8,12,14H2,1-3H3. The number of rotatable bonds is 6. The summed E-state index contributed by atoms with van der Waals surface area (Å²) in [5, 5.41) is 3.84. The molecular weight excluding hydrogens is 432 g/mol. The van der Waals surface area contributed by atoms with Crippen LogP contribution in [0.15, 0.2) is 51.9 Å². The van der Waals surface area contributed by atoms with Crippen LogP contribution in [0.4, 0.5) is 5.69 Å². The maximum absolute atomic E-state index is 13.6.